The summed E-state index contributed by atoms with van der Waals surface area (Å²) in [5, 5.41) is 8.60. The molecule has 0 saturated carbocycles. The number of aliphatic imine (C=N–C) groups is 1. The summed E-state index contributed by atoms with van der Waals surface area (Å²) in [4.78, 5) is 6.04. The van der Waals surface area contributed by atoms with Gasteiger partial charge in [-0.25, -0.2) is 0 Å². The highest BCUT2D eigenvalue weighted by Crippen LogP contribution is 2.08. The molecule has 0 heterocycles. The Balaban J connectivity index is 3.85. The molecule has 3 heteroatoms. The molecule has 0 aliphatic rings. The summed E-state index contributed by atoms with van der Waals surface area (Å²) < 4.78 is 0. The Morgan fingerprint density at radius 1 is 1.55 bits per heavy atom. The van der Waals surface area contributed by atoms with Crippen molar-refractivity contribution in [2.24, 2.45) is 10.4 Å². The predicted octanol–water partition coefficient (Wildman–Crippen LogP) is 1.13. The van der Waals surface area contributed by atoms with Crippen LogP contribution in [0.2, 0.25) is 0 Å². The second-order valence-electron chi connectivity index (χ2n) is 3.37. The summed E-state index contributed by atoms with van der Waals surface area (Å²) in [6.07, 6.45) is 1.69. The monoisotopic (exact) mass is 153 g/mol. The highest BCUT2D eigenvalue weighted by Gasteiger charge is 2.11. The zero-order valence-corrected chi connectivity index (χ0v) is 7.63. The zero-order chi connectivity index (χ0) is 8.91. The molecule has 0 aromatic carbocycles. The van der Waals surface area contributed by atoms with E-state index in [1.165, 1.54) is 0 Å². The molecular formula is C8H15N3. The first-order valence-corrected chi connectivity index (χ1v) is 3.55. The van der Waals surface area contributed by atoms with E-state index >= 15 is 0 Å². The van der Waals surface area contributed by atoms with E-state index in [0.29, 0.717) is 6.67 Å². The van der Waals surface area contributed by atoms with Crippen LogP contribution in [0.25, 0.3) is 0 Å². The minimum absolute atomic E-state index is 0.435. The molecule has 62 valence electrons. The summed E-state index contributed by atoms with van der Waals surface area (Å²) in [5.74, 6) is 0. The maximum Gasteiger partial charge on any atom is 0.0901 e. The standard InChI is InChI=1S/C8H15N3/c1-8(2,5-9)6-10-7-11(3)4/h6H,7H2,1-4H3/b10-6+. The third-order valence-corrected chi connectivity index (χ3v) is 1.07. The molecule has 0 aromatic rings. The Labute approximate surface area is 68.3 Å². The van der Waals surface area contributed by atoms with Crippen molar-refractivity contribution in [3.8, 4) is 6.07 Å². The lowest BCUT2D eigenvalue weighted by Gasteiger charge is -2.08. The average Bonchev–Trinajstić information content (AvgIpc) is 1.87. The van der Waals surface area contributed by atoms with Gasteiger partial charge in [-0.2, -0.15) is 5.26 Å². The van der Waals surface area contributed by atoms with Gasteiger partial charge in [0.1, 0.15) is 0 Å². The van der Waals surface area contributed by atoms with Gasteiger partial charge in [0, 0.05) is 6.21 Å². The van der Waals surface area contributed by atoms with Crippen LogP contribution < -0.4 is 0 Å². The van der Waals surface area contributed by atoms with Gasteiger partial charge in [-0.1, -0.05) is 0 Å². The van der Waals surface area contributed by atoms with E-state index in [4.69, 9.17) is 5.26 Å². The minimum atomic E-state index is -0.435. The molecule has 0 amide bonds. The van der Waals surface area contributed by atoms with Crippen LogP contribution in [0.5, 0.6) is 0 Å². The second kappa shape index (κ2) is 4.09. The Hall–Kier alpha value is -0.880. The van der Waals surface area contributed by atoms with E-state index in [2.05, 4.69) is 11.1 Å². The van der Waals surface area contributed by atoms with Gasteiger partial charge in [0.05, 0.1) is 18.2 Å². The smallest absolute Gasteiger partial charge is 0.0901 e. The Morgan fingerprint density at radius 2 is 2.09 bits per heavy atom. The summed E-state index contributed by atoms with van der Waals surface area (Å²) in [6.45, 7) is 4.32. The lowest BCUT2D eigenvalue weighted by Crippen LogP contribution is -2.14. The topological polar surface area (TPSA) is 39.4 Å². The van der Waals surface area contributed by atoms with Gasteiger partial charge in [0.2, 0.25) is 0 Å². The van der Waals surface area contributed by atoms with Gasteiger partial charge in [-0.15, -0.1) is 0 Å². The number of nitrogens with zero attached hydrogens (tertiary/aromatic N) is 3. The van der Waals surface area contributed by atoms with Gasteiger partial charge >= 0.3 is 0 Å². The van der Waals surface area contributed by atoms with E-state index < -0.39 is 5.41 Å². The first kappa shape index (κ1) is 10.1. The number of nitriles is 1. The van der Waals surface area contributed by atoms with Crippen molar-refractivity contribution in [1.29, 1.82) is 5.26 Å². The molecule has 0 aliphatic heterocycles. The fraction of sp³-hybridized carbons (Fsp3) is 0.750. The van der Waals surface area contributed by atoms with Crippen molar-refractivity contribution >= 4 is 6.21 Å². The van der Waals surface area contributed by atoms with Crippen LogP contribution in [-0.4, -0.2) is 31.9 Å². The molecule has 11 heavy (non-hydrogen) atoms. The van der Waals surface area contributed by atoms with Crippen molar-refractivity contribution in [3.63, 3.8) is 0 Å². The largest absolute Gasteiger partial charge is 0.291 e. The average molecular weight is 153 g/mol. The van der Waals surface area contributed by atoms with Crippen LogP contribution in [0, 0.1) is 16.7 Å². The summed E-state index contributed by atoms with van der Waals surface area (Å²) in [5.41, 5.74) is -0.435. The molecule has 0 spiro atoms. The molecule has 0 bridgehead atoms. The highest BCUT2D eigenvalue weighted by atomic mass is 15.1. The van der Waals surface area contributed by atoms with Gasteiger partial charge < -0.3 is 0 Å². The number of hydrogen-bond acceptors (Lipinski definition) is 3. The Bertz CT molecular complexity index is 174. The second-order valence-corrected chi connectivity index (χ2v) is 3.37. The maximum atomic E-state index is 8.60. The SMILES string of the molecule is CN(C)C/N=C/C(C)(C)C#N. The number of rotatable bonds is 3. The van der Waals surface area contributed by atoms with Gasteiger partial charge in [0.15, 0.2) is 0 Å². The molecule has 3 nitrogen and oxygen atoms in total. The summed E-state index contributed by atoms with van der Waals surface area (Å²) in [6, 6.07) is 2.15. The molecule has 0 fully saturated rings. The normalized spacial score (nSPS) is 12.4. The van der Waals surface area contributed by atoms with E-state index in [1.807, 2.05) is 32.8 Å². The molecule has 0 rings (SSSR count). The Morgan fingerprint density at radius 3 is 2.45 bits per heavy atom. The molecular weight excluding hydrogens is 138 g/mol. The molecule has 0 atom stereocenters. The lowest BCUT2D eigenvalue weighted by atomic mass is 9.98. The van der Waals surface area contributed by atoms with Crippen molar-refractivity contribution in [1.82, 2.24) is 4.90 Å². The summed E-state index contributed by atoms with van der Waals surface area (Å²) >= 11 is 0. The highest BCUT2D eigenvalue weighted by molar-refractivity contribution is 5.68. The van der Waals surface area contributed by atoms with Crippen molar-refractivity contribution in [2.75, 3.05) is 20.8 Å². The zero-order valence-electron chi connectivity index (χ0n) is 7.63. The van der Waals surface area contributed by atoms with E-state index in [1.54, 1.807) is 6.21 Å². The van der Waals surface area contributed by atoms with E-state index in [9.17, 15) is 0 Å². The van der Waals surface area contributed by atoms with E-state index in [0.717, 1.165) is 0 Å². The molecule has 0 saturated heterocycles. The Kier molecular flexibility index (Phi) is 3.77. The van der Waals surface area contributed by atoms with Crippen LogP contribution in [0.15, 0.2) is 4.99 Å². The first-order chi connectivity index (χ1) is 4.98. The summed E-state index contributed by atoms with van der Waals surface area (Å²) in [7, 11) is 3.88. The molecule has 0 radical (unpaired) electrons. The van der Waals surface area contributed by atoms with Crippen LogP contribution in [0.3, 0.4) is 0 Å². The maximum absolute atomic E-state index is 8.60. The van der Waals surface area contributed by atoms with Gasteiger partial charge in [-0.3, -0.25) is 9.89 Å². The van der Waals surface area contributed by atoms with Gasteiger partial charge in [-0.05, 0) is 27.9 Å². The van der Waals surface area contributed by atoms with Gasteiger partial charge in [0.25, 0.3) is 0 Å². The first-order valence-electron chi connectivity index (χ1n) is 3.55. The fourth-order valence-corrected chi connectivity index (χ4v) is 0.461. The quantitative estimate of drug-likeness (QED) is 0.570. The van der Waals surface area contributed by atoms with E-state index in [-0.39, 0.29) is 0 Å². The van der Waals surface area contributed by atoms with Crippen LogP contribution in [0.4, 0.5) is 0 Å². The van der Waals surface area contributed by atoms with Crippen molar-refractivity contribution in [3.05, 3.63) is 0 Å². The molecule has 0 aromatic heterocycles. The number of hydrogen-bond donors (Lipinski definition) is 0. The lowest BCUT2D eigenvalue weighted by molar-refractivity contribution is 0.423. The third kappa shape index (κ3) is 5.56. The predicted molar refractivity (Wildman–Crippen MR) is 46.4 cm³/mol. The minimum Gasteiger partial charge on any atom is -0.291 e. The third-order valence-electron chi connectivity index (χ3n) is 1.07. The van der Waals surface area contributed by atoms with Crippen LogP contribution >= 0.6 is 0 Å². The fourth-order valence-electron chi connectivity index (χ4n) is 0.461. The molecule has 0 N–H and O–H groups in total. The van der Waals surface area contributed by atoms with Crippen molar-refractivity contribution in [2.45, 2.75) is 13.8 Å². The van der Waals surface area contributed by atoms with Crippen LogP contribution in [-0.2, 0) is 0 Å². The van der Waals surface area contributed by atoms with Crippen molar-refractivity contribution < 1.29 is 0 Å². The molecule has 0 aliphatic carbocycles. The molecule has 0 unspecified atom stereocenters. The van der Waals surface area contributed by atoms with Crippen LogP contribution in [0.1, 0.15) is 13.8 Å².